The van der Waals surface area contributed by atoms with Crippen LogP contribution in [0.2, 0.25) is 0 Å². The first-order valence-corrected chi connectivity index (χ1v) is 10.0. The third-order valence-electron chi connectivity index (χ3n) is 4.85. The summed E-state index contributed by atoms with van der Waals surface area (Å²) in [6, 6.07) is 11.1. The van der Waals surface area contributed by atoms with Crippen LogP contribution in [0.5, 0.6) is 0 Å². The molecule has 0 saturated carbocycles. The van der Waals surface area contributed by atoms with E-state index in [-0.39, 0.29) is 24.0 Å². The number of rotatable bonds is 9. The molecule has 5 heteroatoms. The normalized spacial score (nSPS) is 19.0. The third-order valence-corrected chi connectivity index (χ3v) is 4.85. The summed E-state index contributed by atoms with van der Waals surface area (Å²) >= 11 is 0. The summed E-state index contributed by atoms with van der Waals surface area (Å²) in [6.45, 7) is 12.2. The van der Waals surface area contributed by atoms with Gasteiger partial charge in [-0.2, -0.15) is 0 Å². The molecule has 0 radical (unpaired) electrons. The van der Waals surface area contributed by atoms with Gasteiger partial charge < -0.3 is 15.5 Å². The lowest BCUT2D eigenvalue weighted by atomic mass is 10.1. The average molecular weight is 472 g/mol. The molecule has 0 aromatic heterocycles. The fourth-order valence-electron chi connectivity index (χ4n) is 3.46. The standard InChI is InChI=1S/C21H36N4.HI/c1-4-14-25-15-13-20(17-25)16-23-21(22-5-2)24-18(3)11-12-19-9-7-6-8-10-19;/h6-10,18,20H,4-5,11-17H2,1-3H3,(H2,22,23,24);1H. The molecule has 1 aromatic rings. The average Bonchev–Trinajstić information content (AvgIpc) is 3.07. The summed E-state index contributed by atoms with van der Waals surface area (Å²) in [7, 11) is 0. The molecule has 0 bridgehead atoms. The Hall–Kier alpha value is -0.820. The van der Waals surface area contributed by atoms with E-state index < -0.39 is 0 Å². The minimum Gasteiger partial charge on any atom is -0.357 e. The Morgan fingerprint density at radius 1 is 1.27 bits per heavy atom. The van der Waals surface area contributed by atoms with Gasteiger partial charge in [-0.15, -0.1) is 24.0 Å². The van der Waals surface area contributed by atoms with Crippen LogP contribution in [0.1, 0.15) is 45.6 Å². The van der Waals surface area contributed by atoms with Crippen LogP contribution in [0.15, 0.2) is 35.3 Å². The number of benzene rings is 1. The van der Waals surface area contributed by atoms with Gasteiger partial charge in [0.2, 0.25) is 0 Å². The SMILES string of the molecule is CCCN1CCC(CN=C(NCC)NC(C)CCc2ccccc2)C1.I. The molecule has 4 nitrogen and oxygen atoms in total. The molecule has 2 atom stereocenters. The van der Waals surface area contributed by atoms with Crippen molar-refractivity contribution in [2.24, 2.45) is 10.9 Å². The van der Waals surface area contributed by atoms with Gasteiger partial charge in [0.25, 0.3) is 0 Å². The first-order chi connectivity index (χ1) is 12.2. The van der Waals surface area contributed by atoms with Gasteiger partial charge in [0.05, 0.1) is 0 Å². The Morgan fingerprint density at radius 2 is 2.04 bits per heavy atom. The molecule has 1 aliphatic rings. The van der Waals surface area contributed by atoms with E-state index >= 15 is 0 Å². The summed E-state index contributed by atoms with van der Waals surface area (Å²) in [5.74, 6) is 1.68. The lowest BCUT2D eigenvalue weighted by Gasteiger charge is -2.19. The van der Waals surface area contributed by atoms with Crippen molar-refractivity contribution >= 4 is 29.9 Å². The van der Waals surface area contributed by atoms with E-state index in [1.165, 1.54) is 38.0 Å². The molecule has 1 heterocycles. The second-order valence-electron chi connectivity index (χ2n) is 7.24. The van der Waals surface area contributed by atoms with Gasteiger partial charge >= 0.3 is 0 Å². The van der Waals surface area contributed by atoms with Gasteiger partial charge in [-0.1, -0.05) is 37.3 Å². The van der Waals surface area contributed by atoms with Crippen molar-refractivity contribution in [2.75, 3.05) is 32.7 Å². The lowest BCUT2D eigenvalue weighted by Crippen LogP contribution is -2.42. The van der Waals surface area contributed by atoms with Gasteiger partial charge in [-0.3, -0.25) is 4.99 Å². The molecular weight excluding hydrogens is 435 g/mol. The lowest BCUT2D eigenvalue weighted by molar-refractivity contribution is 0.326. The van der Waals surface area contributed by atoms with Crippen LogP contribution in [-0.2, 0) is 6.42 Å². The fourth-order valence-corrected chi connectivity index (χ4v) is 3.46. The number of hydrogen-bond donors (Lipinski definition) is 2. The van der Waals surface area contributed by atoms with Crippen LogP contribution in [0.4, 0.5) is 0 Å². The second kappa shape index (κ2) is 13.4. The molecule has 1 saturated heterocycles. The number of aryl methyl sites for hydroxylation is 1. The highest BCUT2D eigenvalue weighted by molar-refractivity contribution is 14.0. The van der Waals surface area contributed by atoms with Crippen LogP contribution < -0.4 is 10.6 Å². The van der Waals surface area contributed by atoms with E-state index in [2.05, 4.69) is 66.6 Å². The molecule has 1 fully saturated rings. The van der Waals surface area contributed by atoms with Gasteiger partial charge in [0, 0.05) is 25.7 Å². The van der Waals surface area contributed by atoms with Crippen LogP contribution in [0, 0.1) is 5.92 Å². The smallest absolute Gasteiger partial charge is 0.191 e. The van der Waals surface area contributed by atoms with Crippen molar-refractivity contribution < 1.29 is 0 Å². The van der Waals surface area contributed by atoms with E-state index in [9.17, 15) is 0 Å². The molecule has 2 rings (SSSR count). The first-order valence-electron chi connectivity index (χ1n) is 10.0. The second-order valence-corrected chi connectivity index (χ2v) is 7.24. The van der Waals surface area contributed by atoms with Crippen molar-refractivity contribution in [1.82, 2.24) is 15.5 Å². The monoisotopic (exact) mass is 472 g/mol. The summed E-state index contributed by atoms with van der Waals surface area (Å²) in [5.41, 5.74) is 1.40. The number of nitrogens with one attached hydrogen (secondary N) is 2. The summed E-state index contributed by atoms with van der Waals surface area (Å²) in [5, 5.41) is 6.97. The topological polar surface area (TPSA) is 39.7 Å². The van der Waals surface area contributed by atoms with E-state index in [1.54, 1.807) is 0 Å². The maximum atomic E-state index is 4.85. The molecule has 2 unspecified atom stereocenters. The molecule has 0 amide bonds. The Morgan fingerprint density at radius 3 is 2.73 bits per heavy atom. The minimum atomic E-state index is 0. The predicted molar refractivity (Wildman–Crippen MR) is 124 cm³/mol. The van der Waals surface area contributed by atoms with E-state index in [0.29, 0.717) is 12.0 Å². The zero-order valence-corrected chi connectivity index (χ0v) is 19.0. The van der Waals surface area contributed by atoms with Gasteiger partial charge in [0.1, 0.15) is 0 Å². The first kappa shape index (κ1) is 23.2. The van der Waals surface area contributed by atoms with Crippen molar-refractivity contribution in [3.8, 4) is 0 Å². The van der Waals surface area contributed by atoms with Crippen molar-refractivity contribution in [3.63, 3.8) is 0 Å². The molecule has 26 heavy (non-hydrogen) atoms. The number of likely N-dealkylation sites (tertiary alicyclic amines) is 1. The maximum absolute atomic E-state index is 4.85. The fraction of sp³-hybridized carbons (Fsp3) is 0.667. The van der Waals surface area contributed by atoms with E-state index in [0.717, 1.165) is 31.9 Å². The number of hydrogen-bond acceptors (Lipinski definition) is 2. The molecular formula is C21H37IN4. The zero-order valence-electron chi connectivity index (χ0n) is 16.7. The van der Waals surface area contributed by atoms with Crippen LogP contribution in [-0.4, -0.2) is 49.6 Å². The van der Waals surface area contributed by atoms with E-state index in [1.807, 2.05) is 0 Å². The zero-order chi connectivity index (χ0) is 17.9. The summed E-state index contributed by atoms with van der Waals surface area (Å²) in [6.07, 6.45) is 4.75. The third kappa shape index (κ3) is 8.71. The Bertz CT molecular complexity index is 506. The Balaban J connectivity index is 0.00000338. The predicted octanol–water partition coefficient (Wildman–Crippen LogP) is 3.91. The van der Waals surface area contributed by atoms with Crippen LogP contribution in [0.25, 0.3) is 0 Å². The number of guanidine groups is 1. The highest BCUT2D eigenvalue weighted by Crippen LogP contribution is 2.16. The van der Waals surface area contributed by atoms with Crippen LogP contribution in [0.3, 0.4) is 0 Å². The van der Waals surface area contributed by atoms with Crippen LogP contribution >= 0.6 is 24.0 Å². The van der Waals surface area contributed by atoms with E-state index in [4.69, 9.17) is 4.99 Å². The summed E-state index contributed by atoms with van der Waals surface area (Å²) in [4.78, 5) is 7.43. The highest BCUT2D eigenvalue weighted by atomic mass is 127. The van der Waals surface area contributed by atoms with Crippen molar-refractivity contribution in [3.05, 3.63) is 35.9 Å². The Kier molecular flexibility index (Phi) is 11.9. The largest absolute Gasteiger partial charge is 0.357 e. The van der Waals surface area contributed by atoms with Gasteiger partial charge in [0.15, 0.2) is 5.96 Å². The highest BCUT2D eigenvalue weighted by Gasteiger charge is 2.21. The number of nitrogens with zero attached hydrogens (tertiary/aromatic N) is 2. The number of aliphatic imine (C=N–C) groups is 1. The molecule has 0 aliphatic carbocycles. The van der Waals surface area contributed by atoms with Crippen molar-refractivity contribution in [1.29, 1.82) is 0 Å². The van der Waals surface area contributed by atoms with Gasteiger partial charge in [-0.05, 0) is 64.1 Å². The molecule has 1 aliphatic heterocycles. The van der Waals surface area contributed by atoms with Gasteiger partial charge in [-0.25, -0.2) is 0 Å². The maximum Gasteiger partial charge on any atom is 0.191 e. The minimum absolute atomic E-state index is 0. The quantitative estimate of drug-likeness (QED) is 0.325. The molecule has 148 valence electrons. The number of halogens is 1. The Labute approximate surface area is 177 Å². The molecule has 0 spiro atoms. The van der Waals surface area contributed by atoms with Crippen molar-refractivity contribution in [2.45, 2.75) is 52.5 Å². The molecule has 1 aromatic carbocycles. The summed E-state index contributed by atoms with van der Waals surface area (Å²) < 4.78 is 0. The molecule has 2 N–H and O–H groups in total.